The van der Waals surface area contributed by atoms with Crippen molar-refractivity contribution in [3.63, 3.8) is 0 Å². The molecule has 0 aliphatic rings. The van der Waals surface area contributed by atoms with Crippen molar-refractivity contribution in [1.29, 1.82) is 0 Å². The highest BCUT2D eigenvalue weighted by Crippen LogP contribution is 2.22. The van der Waals surface area contributed by atoms with Crippen molar-refractivity contribution in [1.82, 2.24) is 15.1 Å². The third-order valence-electron chi connectivity index (χ3n) is 2.94. The molecule has 1 heterocycles. The first kappa shape index (κ1) is 14.5. The minimum Gasteiger partial charge on any atom is -0.314 e. The van der Waals surface area contributed by atoms with Gasteiger partial charge in [-0.25, -0.2) is 0 Å². The molecule has 1 atom stereocenters. The summed E-state index contributed by atoms with van der Waals surface area (Å²) in [5.74, 6) is 0. The molecule has 0 fully saturated rings. The van der Waals surface area contributed by atoms with Crippen molar-refractivity contribution in [2.45, 2.75) is 59.5 Å². The van der Waals surface area contributed by atoms with Gasteiger partial charge in [0.05, 0.1) is 16.4 Å². The van der Waals surface area contributed by atoms with E-state index in [4.69, 9.17) is 11.6 Å². The number of halogens is 1. The predicted molar refractivity (Wildman–Crippen MR) is 73.7 cm³/mol. The lowest BCUT2D eigenvalue weighted by Crippen LogP contribution is -2.29. The number of hydrogen-bond donors (Lipinski definition) is 1. The third-order valence-corrected chi connectivity index (χ3v) is 3.37. The van der Waals surface area contributed by atoms with E-state index in [0.29, 0.717) is 6.04 Å². The number of rotatable bonds is 7. The van der Waals surface area contributed by atoms with Crippen molar-refractivity contribution in [2.24, 2.45) is 0 Å². The third kappa shape index (κ3) is 3.71. The standard InChI is InChI=1S/C13H24ClN3/c1-5-8-15-10(4)9-12-13(14)11(6-2)16-17(12)7-3/h10,15H,5-9H2,1-4H3. The fourth-order valence-electron chi connectivity index (χ4n) is 1.97. The highest BCUT2D eigenvalue weighted by molar-refractivity contribution is 6.31. The molecule has 0 aliphatic carbocycles. The monoisotopic (exact) mass is 257 g/mol. The van der Waals surface area contributed by atoms with Crippen molar-refractivity contribution < 1.29 is 0 Å². The number of nitrogens with one attached hydrogen (secondary N) is 1. The first-order valence-electron chi connectivity index (χ1n) is 6.61. The molecule has 98 valence electrons. The Morgan fingerprint density at radius 2 is 2.06 bits per heavy atom. The van der Waals surface area contributed by atoms with E-state index in [9.17, 15) is 0 Å². The SMILES string of the molecule is CCCNC(C)Cc1c(Cl)c(CC)nn1CC. The average molecular weight is 258 g/mol. The van der Waals surface area contributed by atoms with E-state index in [2.05, 4.69) is 38.1 Å². The number of hydrogen-bond acceptors (Lipinski definition) is 2. The lowest BCUT2D eigenvalue weighted by Gasteiger charge is -2.14. The molecule has 1 rings (SSSR count). The molecule has 17 heavy (non-hydrogen) atoms. The summed E-state index contributed by atoms with van der Waals surface area (Å²) in [6.45, 7) is 10.5. The molecular formula is C13H24ClN3. The van der Waals surface area contributed by atoms with Gasteiger partial charge in [0, 0.05) is 19.0 Å². The molecule has 0 spiro atoms. The smallest absolute Gasteiger partial charge is 0.0850 e. The maximum atomic E-state index is 6.38. The molecule has 0 radical (unpaired) electrons. The zero-order chi connectivity index (χ0) is 12.8. The van der Waals surface area contributed by atoms with Crippen LogP contribution in [0.3, 0.4) is 0 Å². The second-order valence-corrected chi connectivity index (χ2v) is 4.81. The first-order chi connectivity index (χ1) is 8.13. The second kappa shape index (κ2) is 7.02. The van der Waals surface area contributed by atoms with Crippen molar-refractivity contribution in [3.05, 3.63) is 16.4 Å². The fraction of sp³-hybridized carbons (Fsp3) is 0.769. The molecule has 0 aromatic carbocycles. The molecule has 1 unspecified atom stereocenters. The summed E-state index contributed by atoms with van der Waals surface area (Å²) in [7, 11) is 0. The molecule has 1 aromatic heterocycles. The summed E-state index contributed by atoms with van der Waals surface area (Å²) in [5.41, 5.74) is 2.19. The Hall–Kier alpha value is -0.540. The van der Waals surface area contributed by atoms with Crippen LogP contribution in [-0.2, 0) is 19.4 Å². The molecule has 1 N–H and O–H groups in total. The highest BCUT2D eigenvalue weighted by atomic mass is 35.5. The minimum atomic E-state index is 0.444. The number of aryl methyl sites for hydroxylation is 2. The van der Waals surface area contributed by atoms with Crippen molar-refractivity contribution in [2.75, 3.05) is 6.54 Å². The summed E-state index contributed by atoms with van der Waals surface area (Å²) in [6.07, 6.45) is 3.00. The van der Waals surface area contributed by atoms with E-state index in [1.807, 2.05) is 4.68 Å². The lowest BCUT2D eigenvalue weighted by molar-refractivity contribution is 0.514. The van der Waals surface area contributed by atoms with Gasteiger partial charge in [-0.1, -0.05) is 25.4 Å². The molecular weight excluding hydrogens is 234 g/mol. The topological polar surface area (TPSA) is 29.9 Å². The van der Waals surface area contributed by atoms with Crippen molar-refractivity contribution in [3.8, 4) is 0 Å². The Bertz CT molecular complexity index is 347. The van der Waals surface area contributed by atoms with Gasteiger partial charge >= 0.3 is 0 Å². The van der Waals surface area contributed by atoms with Gasteiger partial charge in [-0.05, 0) is 33.2 Å². The van der Waals surface area contributed by atoms with Crippen LogP contribution in [0, 0.1) is 0 Å². The van der Waals surface area contributed by atoms with E-state index < -0.39 is 0 Å². The summed E-state index contributed by atoms with van der Waals surface area (Å²) < 4.78 is 2.03. The maximum Gasteiger partial charge on any atom is 0.0850 e. The molecule has 1 aromatic rings. The van der Waals surface area contributed by atoms with Crippen LogP contribution in [0.15, 0.2) is 0 Å². The molecule has 0 saturated carbocycles. The summed E-state index contributed by atoms with van der Waals surface area (Å²) in [4.78, 5) is 0. The van der Waals surface area contributed by atoms with Gasteiger partial charge in [0.15, 0.2) is 0 Å². The van der Waals surface area contributed by atoms with Gasteiger partial charge in [-0.3, -0.25) is 4.68 Å². The number of aromatic nitrogens is 2. The Kier molecular flexibility index (Phi) is 6.00. The van der Waals surface area contributed by atoms with Crippen LogP contribution >= 0.6 is 11.6 Å². The minimum absolute atomic E-state index is 0.444. The van der Waals surface area contributed by atoms with Gasteiger partial charge in [-0.15, -0.1) is 0 Å². The van der Waals surface area contributed by atoms with Crippen LogP contribution in [-0.4, -0.2) is 22.4 Å². The molecule has 4 heteroatoms. The Balaban J connectivity index is 2.78. The fourth-order valence-corrected chi connectivity index (χ4v) is 2.31. The van der Waals surface area contributed by atoms with Gasteiger partial charge in [-0.2, -0.15) is 5.10 Å². The zero-order valence-electron chi connectivity index (χ0n) is 11.4. The lowest BCUT2D eigenvalue weighted by atomic mass is 10.1. The number of nitrogens with zero attached hydrogens (tertiary/aromatic N) is 2. The largest absolute Gasteiger partial charge is 0.314 e. The normalized spacial score (nSPS) is 13.0. The van der Waals surface area contributed by atoms with Crippen LogP contribution < -0.4 is 5.32 Å². The quantitative estimate of drug-likeness (QED) is 0.814. The van der Waals surface area contributed by atoms with Crippen molar-refractivity contribution >= 4 is 11.6 Å². The Morgan fingerprint density at radius 3 is 2.59 bits per heavy atom. The van der Waals surface area contributed by atoms with E-state index >= 15 is 0 Å². The van der Waals surface area contributed by atoms with Crippen LogP contribution in [0.25, 0.3) is 0 Å². The van der Waals surface area contributed by atoms with E-state index in [-0.39, 0.29) is 0 Å². The van der Waals surface area contributed by atoms with Gasteiger partial charge < -0.3 is 5.32 Å². The molecule has 0 saturated heterocycles. The molecule has 0 aliphatic heterocycles. The maximum absolute atomic E-state index is 6.38. The Labute approximate surface area is 110 Å². The zero-order valence-corrected chi connectivity index (χ0v) is 12.1. The second-order valence-electron chi connectivity index (χ2n) is 4.44. The summed E-state index contributed by atoms with van der Waals surface area (Å²) in [6, 6.07) is 0.444. The van der Waals surface area contributed by atoms with Gasteiger partial charge in [0.2, 0.25) is 0 Å². The predicted octanol–water partition coefficient (Wildman–Crippen LogP) is 3.05. The molecule has 3 nitrogen and oxygen atoms in total. The summed E-state index contributed by atoms with van der Waals surface area (Å²) >= 11 is 6.38. The van der Waals surface area contributed by atoms with Crippen LogP contribution in [0.2, 0.25) is 5.02 Å². The summed E-state index contributed by atoms with van der Waals surface area (Å²) in [5, 5.41) is 8.88. The van der Waals surface area contributed by atoms with E-state index in [1.54, 1.807) is 0 Å². The van der Waals surface area contributed by atoms with E-state index in [1.165, 1.54) is 5.69 Å². The molecule has 0 bridgehead atoms. The van der Waals surface area contributed by atoms with Gasteiger partial charge in [0.25, 0.3) is 0 Å². The van der Waals surface area contributed by atoms with Gasteiger partial charge in [0.1, 0.15) is 0 Å². The Morgan fingerprint density at radius 1 is 1.35 bits per heavy atom. The van der Waals surface area contributed by atoms with Crippen LogP contribution in [0.4, 0.5) is 0 Å². The van der Waals surface area contributed by atoms with E-state index in [0.717, 1.165) is 43.1 Å². The average Bonchev–Trinajstić information content (AvgIpc) is 2.63. The van der Waals surface area contributed by atoms with Crippen LogP contribution in [0.1, 0.15) is 45.5 Å². The first-order valence-corrected chi connectivity index (χ1v) is 6.99. The van der Waals surface area contributed by atoms with Crippen LogP contribution in [0.5, 0.6) is 0 Å². The molecule has 0 amide bonds. The highest BCUT2D eigenvalue weighted by Gasteiger charge is 2.16.